The maximum absolute atomic E-state index is 11.1. The number of hydrogen-bond acceptors (Lipinski definition) is 3. The van der Waals surface area contributed by atoms with E-state index >= 15 is 0 Å². The van der Waals surface area contributed by atoms with E-state index in [-0.39, 0.29) is 11.5 Å². The third-order valence-electron chi connectivity index (χ3n) is 2.08. The Bertz CT molecular complexity index is 394. The normalized spacial score (nSPS) is 11.5. The van der Waals surface area contributed by atoms with E-state index < -0.39 is 0 Å². The smallest absolute Gasteiger partial charge is 0.182 e. The van der Waals surface area contributed by atoms with E-state index in [2.05, 4.69) is 5.16 Å². The maximum Gasteiger partial charge on any atom is 0.182 e. The molecule has 14 heavy (non-hydrogen) atoms. The Labute approximate surface area is 83.1 Å². The SMILES string of the molecule is CC(=O)/C(=N\O)c1cc(C)ccc1C. The van der Waals surface area contributed by atoms with Crippen LogP contribution >= 0.6 is 0 Å². The highest BCUT2D eigenvalue weighted by Crippen LogP contribution is 2.12. The molecule has 1 N–H and O–H groups in total. The van der Waals surface area contributed by atoms with Crippen molar-refractivity contribution in [1.29, 1.82) is 0 Å². The lowest BCUT2D eigenvalue weighted by atomic mass is 9.99. The van der Waals surface area contributed by atoms with E-state index in [0.717, 1.165) is 11.1 Å². The number of carbonyl (C=O) groups excluding carboxylic acids is 1. The average Bonchev–Trinajstić information content (AvgIpc) is 2.11. The first-order chi connectivity index (χ1) is 6.56. The summed E-state index contributed by atoms with van der Waals surface area (Å²) < 4.78 is 0. The van der Waals surface area contributed by atoms with Gasteiger partial charge in [-0.25, -0.2) is 0 Å². The van der Waals surface area contributed by atoms with Crippen LogP contribution in [0.15, 0.2) is 23.4 Å². The van der Waals surface area contributed by atoms with Crippen molar-refractivity contribution < 1.29 is 10.0 Å². The van der Waals surface area contributed by atoms with Crippen LogP contribution < -0.4 is 0 Å². The topological polar surface area (TPSA) is 49.7 Å². The van der Waals surface area contributed by atoms with Gasteiger partial charge < -0.3 is 5.21 Å². The predicted octanol–water partition coefficient (Wildman–Crippen LogP) is 2.07. The molecule has 0 fully saturated rings. The Morgan fingerprint density at radius 1 is 1.36 bits per heavy atom. The number of ketones is 1. The van der Waals surface area contributed by atoms with Crippen LogP contribution in [0.25, 0.3) is 0 Å². The summed E-state index contributed by atoms with van der Waals surface area (Å²) in [4.78, 5) is 11.1. The molecule has 0 aromatic heterocycles. The second-order valence-corrected chi connectivity index (χ2v) is 3.32. The van der Waals surface area contributed by atoms with Crippen molar-refractivity contribution in [1.82, 2.24) is 0 Å². The summed E-state index contributed by atoms with van der Waals surface area (Å²) in [6, 6.07) is 5.69. The summed E-state index contributed by atoms with van der Waals surface area (Å²) >= 11 is 0. The highest BCUT2D eigenvalue weighted by atomic mass is 16.4. The van der Waals surface area contributed by atoms with Gasteiger partial charge in [0.15, 0.2) is 11.5 Å². The number of aryl methyl sites for hydroxylation is 2. The first kappa shape index (κ1) is 10.4. The van der Waals surface area contributed by atoms with Gasteiger partial charge in [0.05, 0.1) is 0 Å². The molecule has 3 nitrogen and oxygen atoms in total. The summed E-state index contributed by atoms with van der Waals surface area (Å²) in [5, 5.41) is 11.8. The van der Waals surface area contributed by atoms with Gasteiger partial charge in [-0.15, -0.1) is 0 Å². The minimum atomic E-state index is -0.235. The number of nitrogens with zero attached hydrogens (tertiary/aromatic N) is 1. The Morgan fingerprint density at radius 2 is 2.00 bits per heavy atom. The van der Waals surface area contributed by atoms with E-state index in [1.807, 2.05) is 32.0 Å². The van der Waals surface area contributed by atoms with Crippen LogP contribution in [-0.2, 0) is 4.79 Å². The molecule has 0 amide bonds. The third-order valence-corrected chi connectivity index (χ3v) is 2.08. The van der Waals surface area contributed by atoms with Gasteiger partial charge in [-0.05, 0) is 25.5 Å². The molecule has 0 spiro atoms. The van der Waals surface area contributed by atoms with Gasteiger partial charge in [0.2, 0.25) is 0 Å². The molecule has 74 valence electrons. The summed E-state index contributed by atoms with van der Waals surface area (Å²) in [5.74, 6) is -0.235. The number of hydrogen-bond donors (Lipinski definition) is 1. The Kier molecular flexibility index (Phi) is 3.02. The lowest BCUT2D eigenvalue weighted by Gasteiger charge is -2.05. The standard InChI is InChI=1S/C11H13NO2/c1-7-4-5-8(2)10(6-7)11(12-14)9(3)13/h4-6,14H,1-3H3/b12-11+. The molecule has 0 saturated carbocycles. The lowest BCUT2D eigenvalue weighted by molar-refractivity contribution is -0.111. The average molecular weight is 191 g/mol. The highest BCUT2D eigenvalue weighted by Gasteiger charge is 2.12. The second-order valence-electron chi connectivity index (χ2n) is 3.32. The van der Waals surface area contributed by atoms with Crippen LogP contribution in [0.2, 0.25) is 0 Å². The van der Waals surface area contributed by atoms with Gasteiger partial charge in [-0.3, -0.25) is 4.79 Å². The zero-order chi connectivity index (χ0) is 10.7. The first-order valence-corrected chi connectivity index (χ1v) is 4.37. The predicted molar refractivity (Wildman–Crippen MR) is 54.9 cm³/mol. The minimum absolute atomic E-state index is 0.117. The molecule has 0 aliphatic heterocycles. The Hall–Kier alpha value is -1.64. The zero-order valence-corrected chi connectivity index (χ0v) is 8.53. The van der Waals surface area contributed by atoms with Crippen LogP contribution in [0.5, 0.6) is 0 Å². The van der Waals surface area contributed by atoms with Gasteiger partial charge in [-0.2, -0.15) is 0 Å². The fourth-order valence-electron chi connectivity index (χ4n) is 1.30. The lowest BCUT2D eigenvalue weighted by Crippen LogP contribution is -2.13. The van der Waals surface area contributed by atoms with Crippen LogP contribution in [0, 0.1) is 13.8 Å². The largest absolute Gasteiger partial charge is 0.410 e. The van der Waals surface area contributed by atoms with Crippen LogP contribution in [0.1, 0.15) is 23.6 Å². The molecule has 0 unspecified atom stereocenters. The van der Waals surface area contributed by atoms with Crippen molar-refractivity contribution in [2.75, 3.05) is 0 Å². The first-order valence-electron chi connectivity index (χ1n) is 4.37. The van der Waals surface area contributed by atoms with Crippen molar-refractivity contribution in [2.24, 2.45) is 5.16 Å². The third kappa shape index (κ3) is 1.99. The van der Waals surface area contributed by atoms with Gasteiger partial charge in [0, 0.05) is 12.5 Å². The Morgan fingerprint density at radius 3 is 2.50 bits per heavy atom. The van der Waals surface area contributed by atoms with Crippen molar-refractivity contribution in [3.05, 3.63) is 34.9 Å². The molecule has 0 bridgehead atoms. The van der Waals surface area contributed by atoms with Crippen LogP contribution in [-0.4, -0.2) is 16.7 Å². The molecular weight excluding hydrogens is 178 g/mol. The summed E-state index contributed by atoms with van der Waals surface area (Å²) in [5.41, 5.74) is 2.78. The van der Waals surface area contributed by atoms with Crippen molar-refractivity contribution in [3.63, 3.8) is 0 Å². The number of benzene rings is 1. The van der Waals surface area contributed by atoms with Crippen molar-refractivity contribution >= 4 is 11.5 Å². The number of rotatable bonds is 2. The molecule has 0 aliphatic rings. The molecule has 0 atom stereocenters. The van der Waals surface area contributed by atoms with Crippen LogP contribution in [0.4, 0.5) is 0 Å². The van der Waals surface area contributed by atoms with Gasteiger partial charge >= 0.3 is 0 Å². The van der Waals surface area contributed by atoms with E-state index in [1.54, 1.807) is 0 Å². The molecule has 1 rings (SSSR count). The summed E-state index contributed by atoms with van der Waals surface area (Å²) in [6.45, 7) is 5.19. The minimum Gasteiger partial charge on any atom is -0.410 e. The molecule has 0 radical (unpaired) electrons. The number of oxime groups is 1. The van der Waals surface area contributed by atoms with Gasteiger partial charge in [-0.1, -0.05) is 22.9 Å². The second kappa shape index (κ2) is 4.05. The molecule has 1 aromatic carbocycles. The van der Waals surface area contributed by atoms with Gasteiger partial charge in [0.1, 0.15) is 0 Å². The van der Waals surface area contributed by atoms with E-state index in [1.165, 1.54) is 6.92 Å². The van der Waals surface area contributed by atoms with Crippen LogP contribution in [0.3, 0.4) is 0 Å². The van der Waals surface area contributed by atoms with Crippen molar-refractivity contribution in [2.45, 2.75) is 20.8 Å². The fraction of sp³-hybridized carbons (Fsp3) is 0.273. The quantitative estimate of drug-likeness (QED) is 0.442. The van der Waals surface area contributed by atoms with Crippen molar-refractivity contribution in [3.8, 4) is 0 Å². The number of Topliss-reactive ketones (excluding diaryl/α,β-unsaturated/α-hetero) is 1. The molecule has 1 aromatic rings. The fourth-order valence-corrected chi connectivity index (χ4v) is 1.30. The summed E-state index contributed by atoms with van der Waals surface area (Å²) in [6.07, 6.45) is 0. The van der Waals surface area contributed by atoms with Gasteiger partial charge in [0.25, 0.3) is 0 Å². The van der Waals surface area contributed by atoms with E-state index in [4.69, 9.17) is 5.21 Å². The molecule has 3 heteroatoms. The maximum atomic E-state index is 11.1. The molecule has 0 saturated heterocycles. The number of carbonyl (C=O) groups is 1. The van der Waals surface area contributed by atoms with E-state index in [9.17, 15) is 4.79 Å². The zero-order valence-electron chi connectivity index (χ0n) is 8.53. The Balaban J connectivity index is 3.30. The summed E-state index contributed by atoms with van der Waals surface area (Å²) in [7, 11) is 0. The molecule has 0 heterocycles. The molecular formula is C11H13NO2. The van der Waals surface area contributed by atoms with E-state index in [0.29, 0.717) is 5.56 Å². The monoisotopic (exact) mass is 191 g/mol. The highest BCUT2D eigenvalue weighted by molar-refractivity contribution is 6.45. The molecule has 0 aliphatic carbocycles.